The van der Waals surface area contributed by atoms with Crippen molar-refractivity contribution < 1.29 is 19.4 Å². The Hall–Kier alpha value is -3.88. The molecule has 2 atom stereocenters. The average Bonchev–Trinajstić information content (AvgIpc) is 3.49. The lowest BCUT2D eigenvalue weighted by molar-refractivity contribution is -0.141. The second-order valence-corrected chi connectivity index (χ2v) is 12.3. The summed E-state index contributed by atoms with van der Waals surface area (Å²) in [6, 6.07) is 19.9. The molecule has 2 aliphatic heterocycles. The molecule has 0 fully saturated rings. The van der Waals surface area contributed by atoms with Gasteiger partial charge in [0.05, 0.1) is 36.6 Å². The highest BCUT2D eigenvalue weighted by molar-refractivity contribution is 5.93. The molecule has 0 aliphatic carbocycles. The normalized spacial score (nSPS) is 20.3. The van der Waals surface area contributed by atoms with E-state index >= 15 is 0 Å². The fourth-order valence-corrected chi connectivity index (χ4v) is 7.09. The molecule has 8 nitrogen and oxygen atoms in total. The van der Waals surface area contributed by atoms with Crippen LogP contribution in [0.25, 0.3) is 21.9 Å². The first-order valence-electron chi connectivity index (χ1n) is 15.3. The Morgan fingerprint density at radius 2 is 1.84 bits per heavy atom. The summed E-state index contributed by atoms with van der Waals surface area (Å²) in [5.74, 6) is 0.0315. The number of carbonyl (C=O) groups is 1. The van der Waals surface area contributed by atoms with Gasteiger partial charge in [0.1, 0.15) is 11.8 Å². The Bertz CT molecular complexity index is 1610. The van der Waals surface area contributed by atoms with Gasteiger partial charge >= 0.3 is 5.97 Å². The quantitative estimate of drug-likeness (QED) is 0.247. The van der Waals surface area contributed by atoms with Crippen LogP contribution in [0.4, 0.5) is 5.69 Å². The van der Waals surface area contributed by atoms with Gasteiger partial charge in [-0.15, -0.1) is 0 Å². The van der Waals surface area contributed by atoms with Crippen molar-refractivity contribution in [1.29, 1.82) is 0 Å². The van der Waals surface area contributed by atoms with Crippen molar-refractivity contribution in [2.24, 2.45) is 7.05 Å². The summed E-state index contributed by atoms with van der Waals surface area (Å²) in [5, 5.41) is 17.8. The van der Waals surface area contributed by atoms with Gasteiger partial charge in [-0.1, -0.05) is 54.6 Å². The number of hydrogen-bond donors (Lipinski definition) is 1. The number of anilines is 1. The first kappa shape index (κ1) is 29.2. The van der Waals surface area contributed by atoms with Gasteiger partial charge in [0, 0.05) is 42.3 Å². The number of aromatic nitrogens is 2. The van der Waals surface area contributed by atoms with Gasteiger partial charge in [-0.2, -0.15) is 5.10 Å². The number of benzene rings is 3. The van der Waals surface area contributed by atoms with Gasteiger partial charge in [0.25, 0.3) is 0 Å². The molecule has 0 saturated carbocycles. The molecule has 43 heavy (non-hydrogen) atoms. The predicted octanol–water partition coefficient (Wildman–Crippen LogP) is 5.87. The number of para-hydroxylation sites is 1. The van der Waals surface area contributed by atoms with E-state index in [-0.39, 0.29) is 6.10 Å². The van der Waals surface area contributed by atoms with Gasteiger partial charge in [0.15, 0.2) is 0 Å². The molecule has 4 aromatic rings. The van der Waals surface area contributed by atoms with E-state index in [2.05, 4.69) is 58.3 Å². The predicted molar refractivity (Wildman–Crippen MR) is 170 cm³/mol. The third kappa shape index (κ3) is 5.38. The summed E-state index contributed by atoms with van der Waals surface area (Å²) in [4.78, 5) is 17.8. The van der Waals surface area contributed by atoms with Crippen LogP contribution in [-0.4, -0.2) is 71.3 Å². The van der Waals surface area contributed by atoms with Gasteiger partial charge in [-0.05, 0) is 63.7 Å². The Balaban J connectivity index is 1.40. The van der Waals surface area contributed by atoms with Crippen molar-refractivity contribution in [3.8, 4) is 16.9 Å². The minimum atomic E-state index is -0.818. The largest absolute Gasteiger partial charge is 0.493 e. The van der Waals surface area contributed by atoms with E-state index in [9.17, 15) is 9.90 Å². The second kappa shape index (κ2) is 12.0. The molecule has 0 amide bonds. The first-order valence-corrected chi connectivity index (χ1v) is 15.3. The van der Waals surface area contributed by atoms with Gasteiger partial charge < -0.3 is 24.4 Å². The van der Waals surface area contributed by atoms with Crippen LogP contribution in [0.1, 0.15) is 44.4 Å². The Morgan fingerprint density at radius 3 is 2.65 bits per heavy atom. The molecule has 8 heteroatoms. The standard InChI is InChI=1S/C35H42N4O4/c1-24(2)43-23-35(17-9-20-42-31-16-7-12-25-11-5-6-13-26(25)31)29-15-8-14-27-28-21-36-38(4)30(28)22-37(3)18-10-19-39(32(27)29)33(35)34(40)41/h5-8,11-16,21,24,33H,9-10,17-20,22-23H2,1-4H3,(H,40,41). The first-order chi connectivity index (χ1) is 20.8. The number of rotatable bonds is 9. The molecule has 6 rings (SSSR count). The summed E-state index contributed by atoms with van der Waals surface area (Å²) in [6.07, 6.45) is 4.06. The molecule has 3 heterocycles. The summed E-state index contributed by atoms with van der Waals surface area (Å²) in [7, 11) is 4.10. The van der Waals surface area contributed by atoms with Crippen LogP contribution in [-0.2, 0) is 28.5 Å². The Kier molecular flexibility index (Phi) is 8.16. The summed E-state index contributed by atoms with van der Waals surface area (Å²) in [5.41, 5.74) is 4.54. The maximum absolute atomic E-state index is 13.3. The highest BCUT2D eigenvalue weighted by Gasteiger charge is 2.55. The minimum absolute atomic E-state index is 0.0282. The van der Waals surface area contributed by atoms with Crippen LogP contribution in [0.2, 0.25) is 0 Å². The summed E-state index contributed by atoms with van der Waals surface area (Å²) in [6.45, 7) is 7.12. The van der Waals surface area contributed by atoms with Gasteiger partial charge in [0.2, 0.25) is 0 Å². The second-order valence-electron chi connectivity index (χ2n) is 12.3. The lowest BCUT2D eigenvalue weighted by atomic mass is 9.73. The smallest absolute Gasteiger partial charge is 0.327 e. The average molecular weight is 583 g/mol. The molecule has 226 valence electrons. The number of aliphatic carboxylic acids is 1. The highest BCUT2D eigenvalue weighted by atomic mass is 16.5. The number of carboxylic acids is 1. The number of carboxylic acid groups (broad SMARTS) is 1. The summed E-state index contributed by atoms with van der Waals surface area (Å²) < 4.78 is 14.6. The van der Waals surface area contributed by atoms with E-state index < -0.39 is 17.4 Å². The maximum atomic E-state index is 13.3. The number of fused-ring (bicyclic) bond motifs is 3. The zero-order chi connectivity index (χ0) is 30.1. The molecule has 0 radical (unpaired) electrons. The van der Waals surface area contributed by atoms with Crippen molar-refractivity contribution in [2.45, 2.75) is 57.2 Å². The zero-order valence-corrected chi connectivity index (χ0v) is 25.6. The van der Waals surface area contributed by atoms with Crippen molar-refractivity contribution in [3.63, 3.8) is 0 Å². The molecule has 0 saturated heterocycles. The topological polar surface area (TPSA) is 80.1 Å². The molecule has 2 unspecified atom stereocenters. The van der Waals surface area contributed by atoms with Gasteiger partial charge in [-0.25, -0.2) is 4.79 Å². The van der Waals surface area contributed by atoms with Crippen LogP contribution >= 0.6 is 0 Å². The van der Waals surface area contributed by atoms with Crippen LogP contribution < -0.4 is 9.64 Å². The third-order valence-corrected chi connectivity index (χ3v) is 9.09. The number of aryl methyl sites for hydroxylation is 1. The van der Waals surface area contributed by atoms with Gasteiger partial charge in [-0.3, -0.25) is 4.68 Å². The molecule has 3 aromatic carbocycles. The molecule has 0 bridgehead atoms. The zero-order valence-electron chi connectivity index (χ0n) is 25.6. The molecule has 2 aliphatic rings. The molecular weight excluding hydrogens is 540 g/mol. The van der Waals surface area contributed by atoms with E-state index in [1.807, 2.05) is 56.0 Å². The monoisotopic (exact) mass is 582 g/mol. The van der Waals surface area contributed by atoms with Crippen molar-refractivity contribution >= 4 is 22.4 Å². The van der Waals surface area contributed by atoms with E-state index in [0.717, 1.165) is 64.1 Å². The highest BCUT2D eigenvalue weighted by Crippen LogP contribution is 2.53. The van der Waals surface area contributed by atoms with Crippen LogP contribution in [0, 0.1) is 0 Å². The molecule has 0 spiro atoms. The third-order valence-electron chi connectivity index (χ3n) is 9.09. The number of nitrogens with zero attached hydrogens (tertiary/aromatic N) is 4. The summed E-state index contributed by atoms with van der Waals surface area (Å²) >= 11 is 0. The molecule has 1 N–H and O–H groups in total. The molecule has 1 aromatic heterocycles. The Morgan fingerprint density at radius 1 is 1.05 bits per heavy atom. The van der Waals surface area contributed by atoms with Crippen LogP contribution in [0.15, 0.2) is 66.9 Å². The Labute approximate surface area is 253 Å². The van der Waals surface area contributed by atoms with Crippen molar-refractivity contribution in [3.05, 3.63) is 78.1 Å². The van der Waals surface area contributed by atoms with E-state index in [1.165, 1.54) is 0 Å². The fraction of sp³-hybridized carbons (Fsp3) is 0.429. The lowest BCUT2D eigenvalue weighted by Crippen LogP contribution is -2.53. The lowest BCUT2D eigenvalue weighted by Gasteiger charge is -2.37. The minimum Gasteiger partial charge on any atom is -0.493 e. The molecular formula is C35H42N4O4. The van der Waals surface area contributed by atoms with E-state index in [0.29, 0.717) is 32.6 Å². The van der Waals surface area contributed by atoms with E-state index in [4.69, 9.17) is 9.47 Å². The van der Waals surface area contributed by atoms with E-state index in [1.54, 1.807) is 0 Å². The SMILES string of the molecule is CC(C)OCC1(CCCOc2cccc3ccccc23)c2cccc3c2N(CCCN(C)Cc2c-3cnn2C)C1C(=O)O. The number of hydrogen-bond acceptors (Lipinski definition) is 6. The van der Waals surface area contributed by atoms with Crippen LogP contribution in [0.5, 0.6) is 5.75 Å². The fourth-order valence-electron chi connectivity index (χ4n) is 7.09. The maximum Gasteiger partial charge on any atom is 0.327 e. The van der Waals surface area contributed by atoms with Crippen molar-refractivity contribution in [2.75, 3.05) is 38.3 Å². The number of ether oxygens (including phenoxy) is 2. The van der Waals surface area contributed by atoms with Crippen LogP contribution in [0.3, 0.4) is 0 Å². The van der Waals surface area contributed by atoms with Crippen molar-refractivity contribution in [1.82, 2.24) is 14.7 Å².